The van der Waals surface area contributed by atoms with Gasteiger partial charge in [0.25, 0.3) is 0 Å². The first-order valence-electron chi connectivity index (χ1n) is 42.6. The lowest BCUT2D eigenvalue weighted by Crippen LogP contribution is -2.30. The minimum Gasteiger partial charge on any atom is -0.462 e. The lowest BCUT2D eigenvalue weighted by Gasteiger charge is -2.21. The maximum Gasteiger partial charge on any atom is 0.472 e. The van der Waals surface area contributed by atoms with Crippen molar-refractivity contribution in [1.29, 1.82) is 0 Å². The van der Waals surface area contributed by atoms with E-state index in [1.165, 1.54) is 263 Å². The highest BCUT2D eigenvalue weighted by Crippen LogP contribution is 2.45. The fourth-order valence-electron chi connectivity index (χ4n) is 12.8. The van der Waals surface area contributed by atoms with Crippen LogP contribution in [0, 0.1) is 5.92 Å². The first-order chi connectivity index (χ1) is 49.0. The molecule has 0 aliphatic rings. The quantitative estimate of drug-likeness (QED) is 0.0222. The maximum atomic E-state index is 13.1. The van der Waals surface area contributed by atoms with Gasteiger partial charge in [0.1, 0.15) is 19.3 Å². The Morgan fingerprint density at radius 3 is 0.673 bits per heavy atom. The summed E-state index contributed by atoms with van der Waals surface area (Å²) in [7, 11) is -9.92. The lowest BCUT2D eigenvalue weighted by atomic mass is 10.0. The zero-order valence-electron chi connectivity index (χ0n) is 66.1. The van der Waals surface area contributed by atoms with Crippen LogP contribution in [-0.4, -0.2) is 96.7 Å². The van der Waals surface area contributed by atoms with Crippen LogP contribution >= 0.6 is 15.6 Å². The van der Waals surface area contributed by atoms with Crippen molar-refractivity contribution < 1.29 is 80.2 Å². The second-order valence-electron chi connectivity index (χ2n) is 30.0. The van der Waals surface area contributed by atoms with E-state index in [-0.39, 0.29) is 25.7 Å². The number of aliphatic hydroxyl groups is 1. The summed E-state index contributed by atoms with van der Waals surface area (Å²) >= 11 is 0. The van der Waals surface area contributed by atoms with Crippen molar-refractivity contribution in [1.82, 2.24) is 0 Å². The molecule has 0 aromatic carbocycles. The molecule has 0 amide bonds. The smallest absolute Gasteiger partial charge is 0.462 e. The van der Waals surface area contributed by atoms with Crippen LogP contribution in [0.1, 0.15) is 439 Å². The zero-order chi connectivity index (χ0) is 74.1. The van der Waals surface area contributed by atoms with Crippen LogP contribution < -0.4 is 0 Å². The standard InChI is InChI=1S/C82H160O17P2/c1-6-9-12-15-18-21-24-26-28-30-31-33-35-37-42-47-52-57-62-67-81(86)98-78(72-93-80(85)66-61-56-51-46-41-36-34-32-29-27-25-22-19-16-13-10-7-2)74-97-101(90,91)95-70-76(83)69-94-100(88,89)96-73-77(71-92-79(84)65-60-55-50-45-39-23-20-17-14-11-8-3)99-82(87)68-63-58-53-48-43-38-40-44-49-54-59-64-75(4)5/h75-78,83H,6-74H2,1-5H3,(H,88,89)(H,90,91)/t76-,77+,78+/m0/s1. The number of esters is 4. The van der Waals surface area contributed by atoms with Crippen LogP contribution in [0.15, 0.2) is 0 Å². The van der Waals surface area contributed by atoms with Crippen LogP contribution in [0.5, 0.6) is 0 Å². The highest BCUT2D eigenvalue weighted by molar-refractivity contribution is 7.47. The van der Waals surface area contributed by atoms with E-state index in [2.05, 4.69) is 34.6 Å². The van der Waals surface area contributed by atoms with E-state index in [0.717, 1.165) is 95.8 Å². The molecule has 5 atom stereocenters. The van der Waals surface area contributed by atoms with Gasteiger partial charge in [0.05, 0.1) is 26.4 Å². The molecule has 19 heteroatoms. The Hall–Kier alpha value is -1.94. The molecule has 0 saturated heterocycles. The molecule has 0 spiro atoms. The number of unbranched alkanes of at least 4 members (excludes halogenated alkanes) is 54. The van der Waals surface area contributed by atoms with Gasteiger partial charge in [-0.3, -0.25) is 37.3 Å². The second kappa shape index (κ2) is 74.9. The molecule has 0 heterocycles. The fraction of sp³-hybridized carbons (Fsp3) is 0.951. The summed E-state index contributed by atoms with van der Waals surface area (Å²) < 4.78 is 68.8. The SMILES string of the molecule is CCCCCCCCCCCCCCCCCCCCCC(=O)O[C@H](COC(=O)CCCCCCCCCCCCCCCCCCC)COP(=O)(O)OC[C@@H](O)COP(=O)(O)OC[C@@H](COC(=O)CCCCCCCCCCCCC)OC(=O)CCCCCCCCCCCCCC(C)C. The molecule has 0 saturated carbocycles. The van der Waals surface area contributed by atoms with Crippen molar-refractivity contribution in [2.24, 2.45) is 5.92 Å². The van der Waals surface area contributed by atoms with Crippen LogP contribution in [0.3, 0.4) is 0 Å². The molecule has 600 valence electrons. The van der Waals surface area contributed by atoms with Gasteiger partial charge in [-0.15, -0.1) is 0 Å². The Balaban J connectivity index is 5.24. The second-order valence-corrected chi connectivity index (χ2v) is 32.9. The van der Waals surface area contributed by atoms with Gasteiger partial charge in [-0.1, -0.05) is 388 Å². The van der Waals surface area contributed by atoms with Crippen molar-refractivity contribution in [3.63, 3.8) is 0 Å². The van der Waals surface area contributed by atoms with Gasteiger partial charge >= 0.3 is 39.5 Å². The molecule has 101 heavy (non-hydrogen) atoms. The monoisotopic (exact) mass is 1480 g/mol. The average Bonchev–Trinajstić information content (AvgIpc) is 0.948. The van der Waals surface area contributed by atoms with Crippen molar-refractivity contribution in [3.8, 4) is 0 Å². The first kappa shape index (κ1) is 99.1. The largest absolute Gasteiger partial charge is 0.472 e. The van der Waals surface area contributed by atoms with E-state index in [1.54, 1.807) is 0 Å². The number of phosphoric ester groups is 2. The van der Waals surface area contributed by atoms with E-state index in [4.69, 9.17) is 37.0 Å². The summed E-state index contributed by atoms with van der Waals surface area (Å²) in [5, 5.41) is 10.7. The number of hydrogen-bond acceptors (Lipinski definition) is 15. The van der Waals surface area contributed by atoms with Gasteiger partial charge in [0.15, 0.2) is 12.2 Å². The summed E-state index contributed by atoms with van der Waals surface area (Å²) in [6.45, 7) is 7.34. The number of hydrogen-bond donors (Lipinski definition) is 3. The molecule has 0 aromatic rings. The molecule has 0 bridgehead atoms. The van der Waals surface area contributed by atoms with E-state index >= 15 is 0 Å². The fourth-order valence-corrected chi connectivity index (χ4v) is 14.3. The van der Waals surface area contributed by atoms with Crippen molar-refractivity contribution >= 4 is 39.5 Å². The number of carbonyl (C=O) groups is 4. The van der Waals surface area contributed by atoms with Gasteiger partial charge in [-0.25, -0.2) is 9.13 Å². The molecule has 0 aromatic heterocycles. The number of ether oxygens (including phenoxy) is 4. The summed E-state index contributed by atoms with van der Waals surface area (Å²) in [4.78, 5) is 73.1. The highest BCUT2D eigenvalue weighted by Gasteiger charge is 2.30. The van der Waals surface area contributed by atoms with Crippen LogP contribution in [0.2, 0.25) is 0 Å². The van der Waals surface area contributed by atoms with E-state index in [1.807, 2.05) is 0 Å². The third-order valence-electron chi connectivity index (χ3n) is 19.3. The zero-order valence-corrected chi connectivity index (χ0v) is 67.8. The molecule has 3 N–H and O–H groups in total. The van der Waals surface area contributed by atoms with Crippen LogP contribution in [0.4, 0.5) is 0 Å². The maximum absolute atomic E-state index is 13.1. The van der Waals surface area contributed by atoms with Gasteiger partial charge in [0, 0.05) is 25.7 Å². The van der Waals surface area contributed by atoms with Crippen molar-refractivity contribution in [2.45, 2.75) is 457 Å². The number of rotatable bonds is 82. The Labute approximate surface area is 619 Å². The molecule has 0 aliphatic carbocycles. The highest BCUT2D eigenvalue weighted by atomic mass is 31.2. The topological polar surface area (TPSA) is 237 Å². The Morgan fingerprint density at radius 1 is 0.267 bits per heavy atom. The molecule has 2 unspecified atom stereocenters. The summed E-state index contributed by atoms with van der Waals surface area (Å²) in [6.07, 6.45) is 66.5. The predicted molar refractivity (Wildman–Crippen MR) is 414 cm³/mol. The van der Waals surface area contributed by atoms with E-state index in [9.17, 15) is 43.2 Å². The van der Waals surface area contributed by atoms with Gasteiger partial charge in [-0.05, 0) is 31.6 Å². The minimum absolute atomic E-state index is 0.107. The average molecular weight is 1480 g/mol. The van der Waals surface area contributed by atoms with Crippen LogP contribution in [-0.2, 0) is 65.4 Å². The van der Waals surface area contributed by atoms with Crippen molar-refractivity contribution in [3.05, 3.63) is 0 Å². The van der Waals surface area contributed by atoms with Crippen molar-refractivity contribution in [2.75, 3.05) is 39.6 Å². The minimum atomic E-state index is -4.96. The molecule has 17 nitrogen and oxygen atoms in total. The number of phosphoric acid groups is 2. The summed E-state index contributed by atoms with van der Waals surface area (Å²) in [5.41, 5.74) is 0. The van der Waals surface area contributed by atoms with E-state index in [0.29, 0.717) is 25.7 Å². The predicted octanol–water partition coefficient (Wildman–Crippen LogP) is 24.8. The van der Waals surface area contributed by atoms with Gasteiger partial charge in [-0.2, -0.15) is 0 Å². The molecule has 0 radical (unpaired) electrons. The van der Waals surface area contributed by atoms with Gasteiger partial charge < -0.3 is 33.8 Å². The lowest BCUT2D eigenvalue weighted by molar-refractivity contribution is -0.161. The molecule has 0 rings (SSSR count). The Morgan fingerprint density at radius 2 is 0.455 bits per heavy atom. The third kappa shape index (κ3) is 76.1. The molecular formula is C82H160O17P2. The van der Waals surface area contributed by atoms with E-state index < -0.39 is 97.5 Å². The molecular weight excluding hydrogens is 1320 g/mol. The summed E-state index contributed by atoms with van der Waals surface area (Å²) in [5.74, 6) is -1.34. The third-order valence-corrected chi connectivity index (χ3v) is 21.2. The number of aliphatic hydroxyl groups excluding tert-OH is 1. The normalized spacial score (nSPS) is 13.8. The number of carbonyl (C=O) groups excluding carboxylic acids is 4. The van der Waals surface area contributed by atoms with Crippen LogP contribution in [0.25, 0.3) is 0 Å². The molecule has 0 aliphatic heterocycles. The summed E-state index contributed by atoms with van der Waals surface area (Å²) in [6, 6.07) is 0. The van der Waals surface area contributed by atoms with Gasteiger partial charge in [0.2, 0.25) is 0 Å². The molecule has 0 fully saturated rings. The first-order valence-corrected chi connectivity index (χ1v) is 45.6. The Kier molecular flexibility index (Phi) is 73.5. The Bertz CT molecular complexity index is 1930.